The van der Waals surface area contributed by atoms with E-state index in [2.05, 4.69) is 42.3 Å². The predicted molar refractivity (Wildman–Crippen MR) is 116 cm³/mol. The van der Waals surface area contributed by atoms with Crippen LogP contribution in [0.25, 0.3) is 21.1 Å². The number of anilines is 2. The molecular weight excluding hydrogens is 456 g/mol. The van der Waals surface area contributed by atoms with E-state index in [0.29, 0.717) is 24.8 Å². The quantitative estimate of drug-likeness (QED) is 0.456. The summed E-state index contributed by atoms with van der Waals surface area (Å²) < 4.78 is 19.3. The molecule has 1 aliphatic heterocycles. The third-order valence-electron chi connectivity index (χ3n) is 4.82. The molecule has 0 saturated carbocycles. The lowest BCUT2D eigenvalue weighted by atomic mass is 10.2. The molecule has 1 N–H and O–H groups in total. The van der Waals surface area contributed by atoms with Gasteiger partial charge in [-0.1, -0.05) is 15.9 Å². The number of benzene rings is 2. The number of thiazole rings is 1. The number of rotatable bonds is 5. The Morgan fingerprint density at radius 2 is 2.00 bits per heavy atom. The van der Waals surface area contributed by atoms with E-state index >= 15 is 0 Å². The van der Waals surface area contributed by atoms with Crippen LogP contribution in [0.1, 0.15) is 0 Å². The Kier molecular flexibility index (Phi) is 5.04. The summed E-state index contributed by atoms with van der Waals surface area (Å²) >= 11 is 5.15. The maximum atomic E-state index is 6.30. The number of methoxy groups -OCH3 is 1. The Hall–Kier alpha value is -2.33. The molecule has 1 fully saturated rings. The Bertz CT molecular complexity index is 1190. The maximum Gasteiger partial charge on any atom is 0.150 e. The number of hydrogen-bond donors (Lipinski definition) is 1. The highest BCUT2D eigenvalue weighted by atomic mass is 79.9. The summed E-state index contributed by atoms with van der Waals surface area (Å²) in [6.07, 6.45) is 1.24. The van der Waals surface area contributed by atoms with Gasteiger partial charge in [0.2, 0.25) is 0 Å². The molecule has 9 heteroatoms. The molecule has 0 bridgehead atoms. The molecule has 1 aliphatic rings. The molecule has 7 nitrogen and oxygen atoms in total. The SMILES string of the molecule is CO[C@H]1COC[C@@H]1Oc1cc(Br)cc2ncnc(Nc3ccc4ncsc4c3)c12. The van der Waals surface area contributed by atoms with E-state index in [9.17, 15) is 0 Å². The predicted octanol–water partition coefficient (Wildman–Crippen LogP) is 4.54. The largest absolute Gasteiger partial charge is 0.484 e. The van der Waals surface area contributed by atoms with Gasteiger partial charge in [-0.15, -0.1) is 11.3 Å². The van der Waals surface area contributed by atoms with Crippen molar-refractivity contribution in [3.05, 3.63) is 46.6 Å². The number of nitrogens with one attached hydrogen (secondary N) is 1. The standard InChI is InChI=1S/C20H17BrN4O3S/c1-26-16-7-27-8-17(16)28-15-5-11(21)4-14-19(15)20(23-9-22-14)25-12-2-3-13-18(6-12)29-10-24-13/h2-6,9-10,16-17H,7-8H2,1H3,(H,22,23,25)/t16-,17-/m0/s1. The Morgan fingerprint density at radius 1 is 1.10 bits per heavy atom. The lowest BCUT2D eigenvalue weighted by Crippen LogP contribution is -2.31. The first-order valence-electron chi connectivity index (χ1n) is 9.03. The van der Waals surface area contributed by atoms with Crippen LogP contribution >= 0.6 is 27.3 Å². The van der Waals surface area contributed by atoms with Crippen LogP contribution in [0, 0.1) is 0 Å². The number of nitrogens with zero attached hydrogens (tertiary/aromatic N) is 3. The highest BCUT2D eigenvalue weighted by molar-refractivity contribution is 9.10. The molecule has 0 aliphatic carbocycles. The van der Waals surface area contributed by atoms with Crippen LogP contribution in [0.4, 0.5) is 11.5 Å². The highest BCUT2D eigenvalue weighted by Crippen LogP contribution is 2.36. The Balaban J connectivity index is 1.56. The average molecular weight is 473 g/mol. The van der Waals surface area contributed by atoms with Gasteiger partial charge in [-0.05, 0) is 30.3 Å². The summed E-state index contributed by atoms with van der Waals surface area (Å²) in [5, 5.41) is 4.22. The van der Waals surface area contributed by atoms with E-state index in [1.165, 1.54) is 0 Å². The molecule has 0 radical (unpaired) electrons. The fourth-order valence-electron chi connectivity index (χ4n) is 3.39. The minimum absolute atomic E-state index is 0.112. The number of aromatic nitrogens is 3. The second kappa shape index (κ2) is 7.83. The summed E-state index contributed by atoms with van der Waals surface area (Å²) in [7, 11) is 1.67. The van der Waals surface area contributed by atoms with Crippen LogP contribution in [0.3, 0.4) is 0 Å². The van der Waals surface area contributed by atoms with E-state index in [-0.39, 0.29) is 12.2 Å². The molecule has 148 valence electrons. The summed E-state index contributed by atoms with van der Waals surface area (Å²) in [5.41, 5.74) is 4.52. The molecule has 4 aromatic rings. The fourth-order valence-corrected chi connectivity index (χ4v) is 4.53. The van der Waals surface area contributed by atoms with Crippen LogP contribution in [0.5, 0.6) is 5.75 Å². The molecule has 2 aromatic carbocycles. The van der Waals surface area contributed by atoms with Crippen molar-refractivity contribution in [2.45, 2.75) is 12.2 Å². The normalized spacial score (nSPS) is 19.1. The minimum Gasteiger partial charge on any atom is -0.484 e. The zero-order valence-corrected chi connectivity index (χ0v) is 17.9. The van der Waals surface area contributed by atoms with E-state index in [1.807, 2.05) is 29.8 Å². The number of ether oxygens (including phenoxy) is 3. The molecule has 29 heavy (non-hydrogen) atoms. The summed E-state index contributed by atoms with van der Waals surface area (Å²) in [6, 6.07) is 9.91. The van der Waals surface area contributed by atoms with E-state index in [4.69, 9.17) is 14.2 Å². The van der Waals surface area contributed by atoms with E-state index in [1.54, 1.807) is 24.8 Å². The van der Waals surface area contributed by atoms with Crippen molar-refractivity contribution in [3.63, 3.8) is 0 Å². The van der Waals surface area contributed by atoms with Crippen molar-refractivity contribution in [3.8, 4) is 5.75 Å². The van der Waals surface area contributed by atoms with Gasteiger partial charge in [0.1, 0.15) is 24.0 Å². The number of halogens is 1. The Morgan fingerprint density at radius 3 is 2.90 bits per heavy atom. The van der Waals surface area contributed by atoms with Gasteiger partial charge in [0, 0.05) is 17.3 Å². The van der Waals surface area contributed by atoms with Crippen LogP contribution in [0.2, 0.25) is 0 Å². The highest BCUT2D eigenvalue weighted by Gasteiger charge is 2.31. The Labute approximate surface area is 179 Å². The van der Waals surface area contributed by atoms with Gasteiger partial charge in [0.25, 0.3) is 0 Å². The zero-order chi connectivity index (χ0) is 19.8. The first-order chi connectivity index (χ1) is 14.2. The summed E-state index contributed by atoms with van der Waals surface area (Å²) in [4.78, 5) is 13.2. The molecule has 0 unspecified atom stereocenters. The average Bonchev–Trinajstić information content (AvgIpc) is 3.36. The van der Waals surface area contributed by atoms with Crippen molar-refractivity contribution >= 4 is 59.9 Å². The summed E-state index contributed by atoms with van der Waals surface area (Å²) in [6.45, 7) is 0.995. The lowest BCUT2D eigenvalue weighted by molar-refractivity contribution is 0.0332. The number of hydrogen-bond acceptors (Lipinski definition) is 8. The van der Waals surface area contributed by atoms with Crippen molar-refractivity contribution in [2.75, 3.05) is 25.6 Å². The van der Waals surface area contributed by atoms with Gasteiger partial charge in [-0.25, -0.2) is 15.0 Å². The zero-order valence-electron chi connectivity index (χ0n) is 15.5. The fraction of sp³-hybridized carbons (Fsp3) is 0.250. The van der Waals surface area contributed by atoms with Gasteiger partial charge < -0.3 is 19.5 Å². The maximum absolute atomic E-state index is 6.30. The van der Waals surface area contributed by atoms with Crippen molar-refractivity contribution in [2.24, 2.45) is 0 Å². The molecular formula is C20H17BrN4O3S. The summed E-state index contributed by atoms with van der Waals surface area (Å²) in [5.74, 6) is 1.35. The lowest BCUT2D eigenvalue weighted by Gasteiger charge is -2.20. The second-order valence-electron chi connectivity index (χ2n) is 6.65. The van der Waals surface area contributed by atoms with Crippen LogP contribution in [0.15, 0.2) is 46.6 Å². The van der Waals surface area contributed by atoms with Gasteiger partial charge >= 0.3 is 0 Å². The van der Waals surface area contributed by atoms with Crippen LogP contribution < -0.4 is 10.1 Å². The van der Waals surface area contributed by atoms with Gasteiger partial charge in [0.05, 0.1) is 39.8 Å². The molecule has 5 rings (SSSR count). The first kappa shape index (κ1) is 18.7. The van der Waals surface area contributed by atoms with Crippen molar-refractivity contribution in [1.82, 2.24) is 15.0 Å². The van der Waals surface area contributed by atoms with E-state index < -0.39 is 0 Å². The van der Waals surface area contributed by atoms with Crippen molar-refractivity contribution in [1.29, 1.82) is 0 Å². The molecule has 0 spiro atoms. The van der Waals surface area contributed by atoms with Crippen LogP contribution in [-0.2, 0) is 9.47 Å². The third-order valence-corrected chi connectivity index (χ3v) is 6.07. The topological polar surface area (TPSA) is 78.4 Å². The minimum atomic E-state index is -0.195. The molecule has 1 saturated heterocycles. The van der Waals surface area contributed by atoms with Gasteiger partial charge in [0.15, 0.2) is 6.10 Å². The molecule has 2 aromatic heterocycles. The van der Waals surface area contributed by atoms with E-state index in [0.717, 1.165) is 31.3 Å². The molecule has 0 amide bonds. The smallest absolute Gasteiger partial charge is 0.150 e. The molecule has 3 heterocycles. The first-order valence-corrected chi connectivity index (χ1v) is 10.7. The second-order valence-corrected chi connectivity index (χ2v) is 8.45. The molecule has 2 atom stereocenters. The third kappa shape index (κ3) is 3.66. The van der Waals surface area contributed by atoms with Crippen LogP contribution in [-0.4, -0.2) is 47.5 Å². The number of fused-ring (bicyclic) bond motifs is 2. The van der Waals surface area contributed by atoms with Gasteiger partial charge in [-0.2, -0.15) is 0 Å². The monoisotopic (exact) mass is 472 g/mol. The van der Waals surface area contributed by atoms with Gasteiger partial charge in [-0.3, -0.25) is 0 Å². The van der Waals surface area contributed by atoms with Crippen molar-refractivity contribution < 1.29 is 14.2 Å².